The first-order valence-electron chi connectivity index (χ1n) is 8.74. The van der Waals surface area contributed by atoms with Crippen molar-refractivity contribution in [3.8, 4) is 11.3 Å². The summed E-state index contributed by atoms with van der Waals surface area (Å²) in [6, 6.07) is 15.5. The fraction of sp³-hybridized carbons (Fsp3) is 0.143. The van der Waals surface area contributed by atoms with Gasteiger partial charge in [-0.2, -0.15) is 13.2 Å². The largest absolute Gasteiger partial charge is 0.459 e. The molecule has 8 heteroatoms. The molecule has 0 bridgehead atoms. The van der Waals surface area contributed by atoms with Gasteiger partial charge in [0, 0.05) is 16.7 Å². The van der Waals surface area contributed by atoms with Gasteiger partial charge in [0.2, 0.25) is 5.88 Å². The van der Waals surface area contributed by atoms with E-state index in [0.717, 1.165) is 11.6 Å². The maximum Gasteiger partial charge on any atom is 0.416 e. The van der Waals surface area contributed by atoms with E-state index in [9.17, 15) is 13.2 Å². The third-order valence-electron chi connectivity index (χ3n) is 4.53. The lowest BCUT2D eigenvalue weighted by atomic mass is 10.1. The second-order valence-corrected chi connectivity index (χ2v) is 6.98. The molecule has 0 saturated carbocycles. The second-order valence-electron chi connectivity index (χ2n) is 6.55. The van der Waals surface area contributed by atoms with Gasteiger partial charge in [-0.15, -0.1) is 5.06 Å². The number of hydroxylamine groups is 2. The Morgan fingerprint density at radius 3 is 2.59 bits per heavy atom. The highest BCUT2D eigenvalue weighted by Gasteiger charge is 2.36. The minimum atomic E-state index is -4.46. The highest BCUT2D eigenvalue weighted by atomic mass is 35.5. The van der Waals surface area contributed by atoms with Crippen LogP contribution < -0.4 is 5.73 Å². The van der Waals surface area contributed by atoms with E-state index in [-0.39, 0.29) is 18.0 Å². The van der Waals surface area contributed by atoms with E-state index in [1.807, 2.05) is 6.07 Å². The molecule has 150 valence electrons. The molecule has 1 aromatic heterocycles. The molecule has 0 amide bonds. The van der Waals surface area contributed by atoms with Gasteiger partial charge in [0.05, 0.1) is 12.1 Å². The topological polar surface area (TPSA) is 51.6 Å². The van der Waals surface area contributed by atoms with Crippen LogP contribution in [0.15, 0.2) is 77.0 Å². The van der Waals surface area contributed by atoms with Gasteiger partial charge in [0.25, 0.3) is 0 Å². The number of hydrogen-bond donors (Lipinski definition) is 1. The van der Waals surface area contributed by atoms with E-state index in [1.165, 1.54) is 17.2 Å². The smallest absolute Gasteiger partial charge is 0.416 e. The summed E-state index contributed by atoms with van der Waals surface area (Å²) in [5, 5.41) is 1.93. The predicted octanol–water partition coefficient (Wildman–Crippen LogP) is 5.91. The zero-order valence-corrected chi connectivity index (χ0v) is 15.7. The molecule has 0 aliphatic carbocycles. The standard InChI is InChI=1S/C21H16ClF3N2O2/c22-15-6-3-5-13(10-15)18-8-9-19(28-18)17-11-20(26)29-27(17)12-14-4-1-2-7-16(14)21(23,24)25/h1-11,17H,12,26H2. The Hall–Kier alpha value is -2.90. The molecule has 0 radical (unpaired) electrons. The van der Waals surface area contributed by atoms with Gasteiger partial charge in [-0.25, -0.2) is 0 Å². The molecule has 0 spiro atoms. The molecule has 1 unspecified atom stereocenters. The number of benzene rings is 2. The minimum absolute atomic E-state index is 0.0784. The van der Waals surface area contributed by atoms with Crippen molar-refractivity contribution < 1.29 is 22.4 Å². The Labute approximate surface area is 169 Å². The molecular formula is C21H16ClF3N2O2. The van der Waals surface area contributed by atoms with Gasteiger partial charge in [-0.1, -0.05) is 41.9 Å². The fourth-order valence-electron chi connectivity index (χ4n) is 3.23. The first-order chi connectivity index (χ1) is 13.8. The van der Waals surface area contributed by atoms with Gasteiger partial charge in [0.15, 0.2) is 0 Å². The lowest BCUT2D eigenvalue weighted by Crippen LogP contribution is -2.24. The fourth-order valence-corrected chi connectivity index (χ4v) is 3.42. The highest BCUT2D eigenvalue weighted by Crippen LogP contribution is 2.37. The zero-order valence-electron chi connectivity index (χ0n) is 15.0. The number of furan rings is 1. The summed E-state index contributed by atoms with van der Waals surface area (Å²) in [5.41, 5.74) is 5.93. The summed E-state index contributed by atoms with van der Waals surface area (Å²) in [7, 11) is 0. The second kappa shape index (κ2) is 7.50. The van der Waals surface area contributed by atoms with E-state index < -0.39 is 17.8 Å². The Kier molecular flexibility index (Phi) is 5.02. The van der Waals surface area contributed by atoms with Crippen molar-refractivity contribution in [2.45, 2.75) is 18.8 Å². The van der Waals surface area contributed by atoms with Gasteiger partial charge in [-0.3, -0.25) is 0 Å². The molecule has 29 heavy (non-hydrogen) atoms. The average molecular weight is 421 g/mol. The molecule has 2 heterocycles. The van der Waals surface area contributed by atoms with E-state index in [4.69, 9.17) is 26.6 Å². The van der Waals surface area contributed by atoms with E-state index >= 15 is 0 Å². The molecule has 3 aromatic rings. The molecule has 2 aromatic carbocycles. The number of nitrogens with two attached hydrogens (primary N) is 1. The van der Waals surface area contributed by atoms with Crippen LogP contribution in [0.25, 0.3) is 11.3 Å². The highest BCUT2D eigenvalue weighted by molar-refractivity contribution is 6.30. The first-order valence-corrected chi connectivity index (χ1v) is 9.12. The zero-order chi connectivity index (χ0) is 20.6. The number of alkyl halides is 3. The lowest BCUT2D eigenvalue weighted by molar-refractivity contribution is -0.145. The number of nitrogens with zero attached hydrogens (tertiary/aromatic N) is 1. The van der Waals surface area contributed by atoms with Crippen LogP contribution in [-0.4, -0.2) is 5.06 Å². The number of rotatable bonds is 4. The predicted molar refractivity (Wildman–Crippen MR) is 102 cm³/mol. The third kappa shape index (κ3) is 4.11. The van der Waals surface area contributed by atoms with E-state index in [1.54, 1.807) is 42.5 Å². The molecular weight excluding hydrogens is 405 g/mol. The summed E-state index contributed by atoms with van der Waals surface area (Å²) in [6.45, 7) is -0.120. The summed E-state index contributed by atoms with van der Waals surface area (Å²) in [4.78, 5) is 5.46. The molecule has 1 aliphatic rings. The van der Waals surface area contributed by atoms with Crippen molar-refractivity contribution >= 4 is 11.6 Å². The van der Waals surface area contributed by atoms with Crippen LogP contribution >= 0.6 is 11.6 Å². The van der Waals surface area contributed by atoms with Gasteiger partial charge >= 0.3 is 6.18 Å². The van der Waals surface area contributed by atoms with Crippen LogP contribution in [0.2, 0.25) is 5.02 Å². The number of halogens is 4. The molecule has 1 atom stereocenters. The van der Waals surface area contributed by atoms with Gasteiger partial charge < -0.3 is 15.0 Å². The van der Waals surface area contributed by atoms with Crippen LogP contribution in [0, 0.1) is 0 Å². The molecule has 4 nitrogen and oxygen atoms in total. The van der Waals surface area contributed by atoms with Crippen molar-refractivity contribution in [3.63, 3.8) is 0 Å². The van der Waals surface area contributed by atoms with Crippen LogP contribution in [-0.2, 0) is 17.6 Å². The molecule has 0 fully saturated rings. The average Bonchev–Trinajstić information content (AvgIpc) is 3.28. The lowest BCUT2D eigenvalue weighted by Gasteiger charge is -2.23. The van der Waals surface area contributed by atoms with Crippen molar-refractivity contribution in [3.05, 3.63) is 94.5 Å². The Bertz CT molecular complexity index is 1060. The van der Waals surface area contributed by atoms with E-state index in [0.29, 0.717) is 16.5 Å². The summed E-state index contributed by atoms with van der Waals surface area (Å²) in [5.74, 6) is 1.17. The molecule has 1 aliphatic heterocycles. The van der Waals surface area contributed by atoms with Crippen molar-refractivity contribution in [2.75, 3.05) is 0 Å². The number of hydrogen-bond acceptors (Lipinski definition) is 4. The SMILES string of the molecule is NC1=CC(c2ccc(-c3cccc(Cl)c3)o2)N(Cc2ccccc2C(F)(F)F)O1. The van der Waals surface area contributed by atoms with Crippen molar-refractivity contribution in [2.24, 2.45) is 5.73 Å². The van der Waals surface area contributed by atoms with Crippen LogP contribution in [0.1, 0.15) is 22.9 Å². The normalized spacial score (nSPS) is 17.2. The third-order valence-corrected chi connectivity index (χ3v) is 4.77. The minimum Gasteiger partial charge on any atom is -0.459 e. The first kappa shape index (κ1) is 19.4. The van der Waals surface area contributed by atoms with Crippen LogP contribution in [0.5, 0.6) is 0 Å². The van der Waals surface area contributed by atoms with Crippen molar-refractivity contribution in [1.82, 2.24) is 5.06 Å². The van der Waals surface area contributed by atoms with Crippen molar-refractivity contribution in [1.29, 1.82) is 0 Å². The Morgan fingerprint density at radius 2 is 1.83 bits per heavy atom. The Morgan fingerprint density at radius 1 is 1.03 bits per heavy atom. The maximum absolute atomic E-state index is 13.3. The molecule has 4 rings (SSSR count). The summed E-state index contributed by atoms with van der Waals surface area (Å²) in [6.07, 6.45) is -2.87. The van der Waals surface area contributed by atoms with Gasteiger partial charge in [-0.05, 0) is 35.9 Å². The summed E-state index contributed by atoms with van der Waals surface area (Å²) < 4.78 is 45.9. The van der Waals surface area contributed by atoms with E-state index in [2.05, 4.69) is 0 Å². The summed E-state index contributed by atoms with van der Waals surface area (Å²) >= 11 is 6.03. The maximum atomic E-state index is 13.3. The van der Waals surface area contributed by atoms with Crippen LogP contribution in [0.3, 0.4) is 0 Å². The molecule has 2 N–H and O–H groups in total. The molecule has 0 saturated heterocycles. The van der Waals surface area contributed by atoms with Crippen LogP contribution in [0.4, 0.5) is 13.2 Å². The Balaban J connectivity index is 1.61. The van der Waals surface area contributed by atoms with Gasteiger partial charge in [0.1, 0.15) is 17.6 Å². The monoisotopic (exact) mass is 420 g/mol. The quantitative estimate of drug-likeness (QED) is 0.570.